The lowest BCUT2D eigenvalue weighted by Crippen LogP contribution is -2.32. The molecular weight excluding hydrogens is 380 g/mol. The first-order chi connectivity index (χ1) is 9.04. The third-order valence-electron chi connectivity index (χ3n) is 2.58. The number of halogens is 4. The molecule has 20 heavy (non-hydrogen) atoms. The van der Waals surface area contributed by atoms with Gasteiger partial charge in [0.2, 0.25) is 0 Å². The van der Waals surface area contributed by atoms with Crippen molar-refractivity contribution in [2.75, 3.05) is 13.6 Å². The Morgan fingerprint density at radius 3 is 2.45 bits per heavy atom. The molecule has 9 heteroatoms. The number of rotatable bonds is 4. The summed E-state index contributed by atoms with van der Waals surface area (Å²) in [7, 11) is 2.46. The van der Waals surface area contributed by atoms with Crippen LogP contribution in [0.2, 0.25) is 0 Å². The number of amides is 1. The second-order valence-corrected chi connectivity index (χ2v) is 7.54. The molecule has 0 atom stereocenters. The van der Waals surface area contributed by atoms with Gasteiger partial charge in [-0.2, -0.15) is 0 Å². The van der Waals surface area contributed by atoms with Gasteiger partial charge in [-0.15, -0.1) is 0 Å². The molecule has 0 saturated carbocycles. The van der Waals surface area contributed by atoms with Crippen molar-refractivity contribution < 1.29 is 22.0 Å². The zero-order valence-electron chi connectivity index (χ0n) is 10.5. The van der Waals surface area contributed by atoms with E-state index < -0.39 is 27.9 Å². The molecule has 0 aliphatic heterocycles. The van der Waals surface area contributed by atoms with E-state index in [-0.39, 0.29) is 16.0 Å². The van der Waals surface area contributed by atoms with Gasteiger partial charge in [-0.1, -0.05) is 15.9 Å². The van der Waals surface area contributed by atoms with Crippen LogP contribution in [-0.4, -0.2) is 39.2 Å². The van der Waals surface area contributed by atoms with Crippen molar-refractivity contribution in [3.05, 3.63) is 27.7 Å². The number of carbonyl (C=O) groups excluding carboxylic acids is 1. The van der Waals surface area contributed by atoms with Gasteiger partial charge in [-0.05, 0) is 24.6 Å². The Morgan fingerprint density at radius 1 is 1.45 bits per heavy atom. The van der Waals surface area contributed by atoms with Crippen molar-refractivity contribution >= 4 is 41.6 Å². The molecule has 1 rings (SSSR count). The van der Waals surface area contributed by atoms with Crippen molar-refractivity contribution in [3.8, 4) is 0 Å². The second-order valence-electron chi connectivity index (χ2n) is 4.09. The van der Waals surface area contributed by atoms with Crippen LogP contribution in [0.1, 0.15) is 15.9 Å². The molecule has 0 unspecified atom stereocenters. The minimum absolute atomic E-state index is 0.00162. The molecule has 0 spiro atoms. The molecule has 1 amide bonds. The average molecular weight is 391 g/mol. The first-order valence-electron chi connectivity index (χ1n) is 5.32. The lowest BCUT2D eigenvalue weighted by atomic mass is 10.1. The van der Waals surface area contributed by atoms with Crippen LogP contribution in [-0.2, 0) is 9.05 Å². The molecule has 0 aliphatic carbocycles. The van der Waals surface area contributed by atoms with Crippen LogP contribution in [0.25, 0.3) is 0 Å². The number of alkyl halides is 2. The fourth-order valence-corrected chi connectivity index (χ4v) is 3.46. The molecule has 0 radical (unpaired) electrons. The Labute approximate surface area is 128 Å². The zero-order valence-corrected chi connectivity index (χ0v) is 13.7. The maximum Gasteiger partial charge on any atom is 0.261 e. The van der Waals surface area contributed by atoms with Crippen LogP contribution in [0.15, 0.2) is 21.5 Å². The number of carbonyl (C=O) groups is 1. The zero-order chi connectivity index (χ0) is 15.7. The lowest BCUT2D eigenvalue weighted by molar-refractivity contribution is 0.0619. The maximum atomic E-state index is 12.3. The van der Waals surface area contributed by atoms with Crippen LogP contribution in [0, 0.1) is 6.92 Å². The third kappa shape index (κ3) is 4.13. The molecule has 0 aromatic heterocycles. The first kappa shape index (κ1) is 17.3. The molecule has 0 fully saturated rings. The number of hydrogen-bond donors (Lipinski definition) is 0. The lowest BCUT2D eigenvalue weighted by Gasteiger charge is -2.18. The highest BCUT2D eigenvalue weighted by atomic mass is 79.9. The summed E-state index contributed by atoms with van der Waals surface area (Å²) in [4.78, 5) is 12.7. The smallest absolute Gasteiger partial charge is 0.261 e. The van der Waals surface area contributed by atoms with Crippen LogP contribution < -0.4 is 0 Å². The summed E-state index contributed by atoms with van der Waals surface area (Å²) in [5.41, 5.74) is 0.121. The van der Waals surface area contributed by atoms with Gasteiger partial charge in [0.05, 0.1) is 11.4 Å². The largest absolute Gasteiger partial charge is 0.336 e. The topological polar surface area (TPSA) is 54.5 Å². The van der Waals surface area contributed by atoms with Gasteiger partial charge in [0.25, 0.3) is 21.4 Å². The normalized spacial score (nSPS) is 11.8. The van der Waals surface area contributed by atoms with E-state index in [1.807, 2.05) is 0 Å². The van der Waals surface area contributed by atoms with Crippen LogP contribution in [0.5, 0.6) is 0 Å². The summed E-state index contributed by atoms with van der Waals surface area (Å²) < 4.78 is 47.8. The predicted molar refractivity (Wildman–Crippen MR) is 74.9 cm³/mol. The van der Waals surface area contributed by atoms with E-state index in [0.29, 0.717) is 4.47 Å². The molecule has 4 nitrogen and oxygen atoms in total. The van der Waals surface area contributed by atoms with Gasteiger partial charge in [0, 0.05) is 27.8 Å². The Kier molecular flexibility index (Phi) is 5.51. The van der Waals surface area contributed by atoms with Crippen LogP contribution >= 0.6 is 26.6 Å². The number of benzene rings is 1. The highest BCUT2D eigenvalue weighted by Gasteiger charge is 2.23. The summed E-state index contributed by atoms with van der Waals surface area (Å²) in [6.07, 6.45) is -2.67. The van der Waals surface area contributed by atoms with E-state index in [2.05, 4.69) is 15.9 Å². The summed E-state index contributed by atoms with van der Waals surface area (Å²) in [6, 6.07) is 2.62. The van der Waals surface area contributed by atoms with Crippen molar-refractivity contribution in [3.63, 3.8) is 0 Å². The Bertz CT molecular complexity index is 637. The van der Waals surface area contributed by atoms with Gasteiger partial charge in [-0.25, -0.2) is 17.2 Å². The van der Waals surface area contributed by atoms with E-state index in [1.54, 1.807) is 0 Å². The molecule has 0 saturated heterocycles. The Morgan fingerprint density at radius 2 is 2.00 bits per heavy atom. The highest BCUT2D eigenvalue weighted by molar-refractivity contribution is 9.10. The molecule has 0 heterocycles. The van der Waals surface area contributed by atoms with E-state index in [4.69, 9.17) is 10.7 Å². The fraction of sp³-hybridized carbons (Fsp3) is 0.364. The van der Waals surface area contributed by atoms with Crippen molar-refractivity contribution in [1.29, 1.82) is 0 Å². The van der Waals surface area contributed by atoms with Crippen LogP contribution in [0.3, 0.4) is 0 Å². The molecular formula is C11H11BrClF2NO3S. The van der Waals surface area contributed by atoms with Gasteiger partial charge in [0.1, 0.15) is 0 Å². The number of nitrogens with zero attached hydrogens (tertiary/aromatic N) is 1. The summed E-state index contributed by atoms with van der Waals surface area (Å²) in [5, 5.41) is 0. The summed E-state index contributed by atoms with van der Waals surface area (Å²) in [6.45, 7) is 0.652. The van der Waals surface area contributed by atoms with Crippen molar-refractivity contribution in [2.24, 2.45) is 0 Å². The third-order valence-corrected chi connectivity index (χ3v) is 4.48. The van der Waals surface area contributed by atoms with Gasteiger partial charge in [0.15, 0.2) is 0 Å². The second kappa shape index (κ2) is 6.36. The minimum Gasteiger partial charge on any atom is -0.336 e. The fourth-order valence-electron chi connectivity index (χ4n) is 1.62. The Hall–Kier alpha value is -0.730. The number of hydrogen-bond acceptors (Lipinski definition) is 3. The van der Waals surface area contributed by atoms with Crippen molar-refractivity contribution in [1.82, 2.24) is 4.90 Å². The molecule has 1 aromatic rings. The van der Waals surface area contributed by atoms with Crippen molar-refractivity contribution in [2.45, 2.75) is 18.2 Å². The van der Waals surface area contributed by atoms with E-state index in [1.165, 1.54) is 26.1 Å². The average Bonchev–Trinajstić information content (AvgIpc) is 2.28. The summed E-state index contributed by atoms with van der Waals surface area (Å²) >= 11 is 3.07. The standard InChI is InChI=1S/C11H11BrClF2NO3S/c1-6-8(11(17)16(2)5-10(14)15)3-7(12)4-9(6)20(13,18)19/h3-4,10H,5H2,1-2H3. The molecule has 112 valence electrons. The van der Waals surface area contributed by atoms with E-state index in [0.717, 1.165) is 4.90 Å². The SMILES string of the molecule is Cc1c(C(=O)N(C)CC(F)F)cc(Br)cc1S(=O)(=O)Cl. The highest BCUT2D eigenvalue weighted by Crippen LogP contribution is 2.28. The van der Waals surface area contributed by atoms with E-state index >= 15 is 0 Å². The minimum atomic E-state index is -4.04. The molecule has 0 bridgehead atoms. The van der Waals surface area contributed by atoms with Gasteiger partial charge < -0.3 is 4.90 Å². The van der Waals surface area contributed by atoms with Crippen LogP contribution in [0.4, 0.5) is 8.78 Å². The summed E-state index contributed by atoms with van der Waals surface area (Å²) in [5.74, 6) is -0.703. The Balaban J connectivity index is 3.33. The maximum absolute atomic E-state index is 12.3. The molecule has 1 aromatic carbocycles. The molecule has 0 N–H and O–H groups in total. The monoisotopic (exact) mass is 389 g/mol. The molecule has 0 aliphatic rings. The predicted octanol–water partition coefficient (Wildman–Crippen LogP) is 3.02. The van der Waals surface area contributed by atoms with Gasteiger partial charge in [-0.3, -0.25) is 4.79 Å². The first-order valence-corrected chi connectivity index (χ1v) is 8.42. The van der Waals surface area contributed by atoms with E-state index in [9.17, 15) is 22.0 Å². The quantitative estimate of drug-likeness (QED) is 0.743. The van der Waals surface area contributed by atoms with Gasteiger partial charge >= 0.3 is 0 Å².